The van der Waals surface area contributed by atoms with Crippen LogP contribution in [-0.2, 0) is 13.0 Å². The molecule has 0 aromatic carbocycles. The number of rotatable bonds is 4. The number of amides is 2. The molecule has 3 rings (SSSR count). The van der Waals surface area contributed by atoms with Crippen molar-refractivity contribution in [3.05, 3.63) is 22.5 Å². The number of hydrogen-bond acceptors (Lipinski definition) is 6. The highest BCUT2D eigenvalue weighted by molar-refractivity contribution is 7.15. The molecule has 9 heteroatoms. The van der Waals surface area contributed by atoms with Crippen molar-refractivity contribution in [2.24, 2.45) is 0 Å². The number of aryl methyl sites for hydroxylation is 1. The van der Waals surface area contributed by atoms with Crippen molar-refractivity contribution in [1.82, 2.24) is 25.3 Å². The Morgan fingerprint density at radius 2 is 2.41 bits per heavy atom. The van der Waals surface area contributed by atoms with Crippen LogP contribution in [0.1, 0.15) is 35.1 Å². The zero-order chi connectivity index (χ0) is 15.5. The van der Waals surface area contributed by atoms with Crippen molar-refractivity contribution in [2.45, 2.75) is 38.8 Å². The molecule has 1 aliphatic carbocycles. The second kappa shape index (κ2) is 6.41. The number of carbonyl (C=O) groups excluding carboxylic acids is 1. The van der Waals surface area contributed by atoms with Gasteiger partial charge in [0.2, 0.25) is 5.13 Å². The summed E-state index contributed by atoms with van der Waals surface area (Å²) < 4.78 is 1.81. The third kappa shape index (κ3) is 3.09. The van der Waals surface area contributed by atoms with Crippen molar-refractivity contribution >= 4 is 22.5 Å². The molecule has 0 spiro atoms. The molecule has 0 unspecified atom stereocenters. The Morgan fingerprint density at radius 1 is 1.55 bits per heavy atom. The Bertz CT molecular complexity index is 667. The predicted octanol–water partition coefficient (Wildman–Crippen LogP) is 1.23. The number of urea groups is 1. The van der Waals surface area contributed by atoms with Crippen LogP contribution in [0.5, 0.6) is 0 Å². The SMILES string of the molecule is Cc1nnc(NC(=O)N[C@H]2CCCc3c2cnn3CCO)s1. The fourth-order valence-corrected chi connectivity index (χ4v) is 3.28. The number of aromatic nitrogens is 4. The molecular weight excluding hydrogens is 304 g/mol. The van der Waals surface area contributed by atoms with Crippen molar-refractivity contribution in [1.29, 1.82) is 0 Å². The lowest BCUT2D eigenvalue weighted by Crippen LogP contribution is -2.34. The standard InChI is InChI=1S/C13H18N6O2S/c1-8-17-18-13(22-8)16-12(21)15-10-3-2-4-11-9(10)7-14-19(11)5-6-20/h7,10,20H,2-6H2,1H3,(H2,15,16,18,21)/t10-/m0/s1. The number of aliphatic hydroxyl groups excluding tert-OH is 1. The van der Waals surface area contributed by atoms with Crippen molar-refractivity contribution in [3.8, 4) is 0 Å². The minimum absolute atomic E-state index is 0.0586. The van der Waals surface area contributed by atoms with Gasteiger partial charge in [0.05, 0.1) is 25.4 Å². The molecule has 0 fully saturated rings. The highest BCUT2D eigenvalue weighted by atomic mass is 32.1. The van der Waals surface area contributed by atoms with Gasteiger partial charge in [-0.15, -0.1) is 10.2 Å². The summed E-state index contributed by atoms with van der Waals surface area (Å²) >= 11 is 1.34. The number of nitrogens with zero attached hydrogens (tertiary/aromatic N) is 4. The summed E-state index contributed by atoms with van der Waals surface area (Å²) in [5.41, 5.74) is 2.13. The number of aliphatic hydroxyl groups is 1. The first-order chi connectivity index (χ1) is 10.7. The number of nitrogens with one attached hydrogen (secondary N) is 2. The van der Waals surface area contributed by atoms with Gasteiger partial charge < -0.3 is 10.4 Å². The summed E-state index contributed by atoms with van der Waals surface area (Å²) in [6.07, 6.45) is 4.56. The van der Waals surface area contributed by atoms with Gasteiger partial charge in [-0.1, -0.05) is 11.3 Å². The van der Waals surface area contributed by atoms with E-state index in [1.807, 2.05) is 11.6 Å². The van der Waals surface area contributed by atoms with Gasteiger partial charge in [-0.25, -0.2) is 4.79 Å². The van der Waals surface area contributed by atoms with E-state index in [9.17, 15) is 4.79 Å². The molecule has 1 aliphatic rings. The van der Waals surface area contributed by atoms with Gasteiger partial charge in [0.25, 0.3) is 0 Å². The molecule has 0 saturated heterocycles. The number of anilines is 1. The van der Waals surface area contributed by atoms with E-state index < -0.39 is 0 Å². The summed E-state index contributed by atoms with van der Waals surface area (Å²) in [4.78, 5) is 12.1. The minimum Gasteiger partial charge on any atom is -0.394 e. The summed E-state index contributed by atoms with van der Waals surface area (Å²) in [5.74, 6) is 0. The summed E-state index contributed by atoms with van der Waals surface area (Å²) in [6, 6.07) is -0.353. The van der Waals surface area contributed by atoms with Crippen LogP contribution in [0.25, 0.3) is 0 Å². The van der Waals surface area contributed by atoms with Crippen LogP contribution < -0.4 is 10.6 Å². The van der Waals surface area contributed by atoms with Gasteiger partial charge in [0.15, 0.2) is 0 Å². The van der Waals surface area contributed by atoms with Crippen LogP contribution >= 0.6 is 11.3 Å². The minimum atomic E-state index is -0.288. The van der Waals surface area contributed by atoms with Crippen LogP contribution in [0, 0.1) is 6.92 Å². The highest BCUT2D eigenvalue weighted by Crippen LogP contribution is 2.29. The smallest absolute Gasteiger partial charge is 0.321 e. The molecule has 2 aromatic heterocycles. The lowest BCUT2D eigenvalue weighted by molar-refractivity contribution is 0.246. The van der Waals surface area contributed by atoms with E-state index in [0.717, 1.165) is 35.5 Å². The molecule has 1 atom stereocenters. The lowest BCUT2D eigenvalue weighted by atomic mass is 9.93. The molecule has 118 valence electrons. The molecule has 2 heterocycles. The first-order valence-corrected chi connectivity index (χ1v) is 8.02. The Hall–Kier alpha value is -2.00. The highest BCUT2D eigenvalue weighted by Gasteiger charge is 2.25. The zero-order valence-electron chi connectivity index (χ0n) is 12.2. The van der Waals surface area contributed by atoms with E-state index >= 15 is 0 Å². The van der Waals surface area contributed by atoms with Gasteiger partial charge in [0.1, 0.15) is 5.01 Å². The van der Waals surface area contributed by atoms with Crippen molar-refractivity contribution < 1.29 is 9.90 Å². The van der Waals surface area contributed by atoms with Gasteiger partial charge in [-0.3, -0.25) is 10.00 Å². The molecule has 0 saturated carbocycles. The third-order valence-electron chi connectivity index (χ3n) is 3.63. The molecule has 2 aromatic rings. The first kappa shape index (κ1) is 14.9. The van der Waals surface area contributed by atoms with E-state index in [2.05, 4.69) is 25.9 Å². The summed E-state index contributed by atoms with van der Waals surface area (Å²) in [5, 5.41) is 28.1. The van der Waals surface area contributed by atoms with Crippen LogP contribution in [-0.4, -0.2) is 37.7 Å². The first-order valence-electron chi connectivity index (χ1n) is 7.20. The molecule has 2 amide bonds. The molecule has 3 N–H and O–H groups in total. The van der Waals surface area contributed by atoms with Gasteiger partial charge >= 0.3 is 6.03 Å². The maximum Gasteiger partial charge on any atom is 0.321 e. The van der Waals surface area contributed by atoms with Crippen molar-refractivity contribution in [3.63, 3.8) is 0 Å². The topological polar surface area (TPSA) is 105 Å². The molecule has 0 aliphatic heterocycles. The van der Waals surface area contributed by atoms with E-state index in [1.165, 1.54) is 11.3 Å². The fourth-order valence-electron chi connectivity index (χ4n) is 2.69. The van der Waals surface area contributed by atoms with Crippen LogP contribution in [0.3, 0.4) is 0 Å². The second-order valence-electron chi connectivity index (χ2n) is 5.16. The number of carbonyl (C=O) groups is 1. The maximum absolute atomic E-state index is 12.1. The van der Waals surface area contributed by atoms with Gasteiger partial charge in [0, 0.05) is 11.3 Å². The Labute approximate surface area is 131 Å². The van der Waals surface area contributed by atoms with Crippen LogP contribution in [0.4, 0.5) is 9.93 Å². The maximum atomic E-state index is 12.1. The Morgan fingerprint density at radius 3 is 3.14 bits per heavy atom. The Balaban J connectivity index is 1.67. The predicted molar refractivity (Wildman–Crippen MR) is 81.8 cm³/mol. The van der Waals surface area contributed by atoms with E-state index in [-0.39, 0.29) is 18.7 Å². The second-order valence-corrected chi connectivity index (χ2v) is 6.34. The lowest BCUT2D eigenvalue weighted by Gasteiger charge is -2.24. The average Bonchev–Trinajstić information content (AvgIpc) is 3.07. The van der Waals surface area contributed by atoms with Crippen LogP contribution in [0.2, 0.25) is 0 Å². The van der Waals surface area contributed by atoms with E-state index in [0.29, 0.717) is 11.7 Å². The quantitative estimate of drug-likeness (QED) is 0.785. The fraction of sp³-hybridized carbons (Fsp3) is 0.538. The van der Waals surface area contributed by atoms with E-state index in [1.54, 1.807) is 6.20 Å². The summed E-state index contributed by atoms with van der Waals surface area (Å²) in [7, 11) is 0. The van der Waals surface area contributed by atoms with E-state index in [4.69, 9.17) is 5.11 Å². The molecule has 0 radical (unpaired) electrons. The van der Waals surface area contributed by atoms with Gasteiger partial charge in [-0.05, 0) is 26.2 Å². The molecule has 0 bridgehead atoms. The van der Waals surface area contributed by atoms with Crippen molar-refractivity contribution in [2.75, 3.05) is 11.9 Å². The third-order valence-corrected chi connectivity index (χ3v) is 4.38. The normalized spacial score (nSPS) is 17.1. The number of hydrogen-bond donors (Lipinski definition) is 3. The molecular formula is C13H18N6O2S. The summed E-state index contributed by atoms with van der Waals surface area (Å²) in [6.45, 7) is 2.38. The van der Waals surface area contributed by atoms with Gasteiger partial charge in [-0.2, -0.15) is 5.10 Å². The number of fused-ring (bicyclic) bond motifs is 1. The average molecular weight is 322 g/mol. The largest absolute Gasteiger partial charge is 0.394 e. The Kier molecular flexibility index (Phi) is 4.34. The molecule has 22 heavy (non-hydrogen) atoms. The van der Waals surface area contributed by atoms with Crippen LogP contribution in [0.15, 0.2) is 6.20 Å². The monoisotopic (exact) mass is 322 g/mol. The molecule has 8 nitrogen and oxygen atoms in total. The zero-order valence-corrected chi connectivity index (χ0v) is 13.1.